The van der Waals surface area contributed by atoms with Gasteiger partial charge in [-0.3, -0.25) is 9.36 Å². The van der Waals surface area contributed by atoms with E-state index in [1.54, 1.807) is 0 Å². The van der Waals surface area contributed by atoms with E-state index in [4.69, 9.17) is 0 Å². The highest BCUT2D eigenvalue weighted by Gasteiger charge is 2.16. The lowest BCUT2D eigenvalue weighted by atomic mass is 10.1. The molecule has 0 atom stereocenters. The van der Waals surface area contributed by atoms with E-state index >= 15 is 0 Å². The highest BCUT2D eigenvalue weighted by Crippen LogP contribution is 2.26. The molecule has 0 saturated carbocycles. The van der Waals surface area contributed by atoms with Crippen LogP contribution in [-0.2, 0) is 11.2 Å². The third-order valence-electron chi connectivity index (χ3n) is 4.66. The number of benzene rings is 3. The Bertz CT molecular complexity index is 1130. The molecule has 0 aliphatic rings. The molecule has 1 aromatic heterocycles. The van der Waals surface area contributed by atoms with Crippen molar-refractivity contribution in [1.82, 2.24) is 14.8 Å². The minimum absolute atomic E-state index is 0.0885. The summed E-state index contributed by atoms with van der Waals surface area (Å²) in [6.45, 7) is 2.11. The van der Waals surface area contributed by atoms with Gasteiger partial charge in [-0.2, -0.15) is 0 Å². The van der Waals surface area contributed by atoms with Crippen molar-refractivity contribution in [3.8, 4) is 5.69 Å². The van der Waals surface area contributed by atoms with Crippen LogP contribution in [0.15, 0.2) is 90.1 Å². The van der Waals surface area contributed by atoms with Crippen LogP contribution in [0.5, 0.6) is 0 Å². The summed E-state index contributed by atoms with van der Waals surface area (Å²) in [6, 6.07) is 27.6. The van der Waals surface area contributed by atoms with Crippen LogP contribution in [0.1, 0.15) is 12.5 Å². The minimum atomic E-state index is -0.0885. The van der Waals surface area contributed by atoms with Crippen molar-refractivity contribution in [3.05, 3.63) is 90.5 Å². The predicted octanol–water partition coefficient (Wildman–Crippen LogP) is 5.30. The van der Waals surface area contributed by atoms with Gasteiger partial charge < -0.3 is 10.6 Å². The van der Waals surface area contributed by atoms with E-state index in [9.17, 15) is 4.79 Å². The number of carbonyl (C=O) groups is 1. The van der Waals surface area contributed by atoms with Crippen molar-refractivity contribution >= 4 is 35.0 Å². The maximum absolute atomic E-state index is 12.5. The summed E-state index contributed by atoms with van der Waals surface area (Å²) >= 11 is 1.35. The van der Waals surface area contributed by atoms with E-state index < -0.39 is 0 Å². The van der Waals surface area contributed by atoms with Gasteiger partial charge in [0.1, 0.15) is 0 Å². The zero-order valence-corrected chi connectivity index (χ0v) is 18.0. The van der Waals surface area contributed by atoms with E-state index in [-0.39, 0.29) is 11.7 Å². The van der Waals surface area contributed by atoms with Gasteiger partial charge in [-0.1, -0.05) is 67.2 Å². The van der Waals surface area contributed by atoms with Gasteiger partial charge in [0.25, 0.3) is 0 Å². The van der Waals surface area contributed by atoms with E-state index in [0.717, 1.165) is 23.5 Å². The quantitative estimate of drug-likeness (QED) is 0.372. The van der Waals surface area contributed by atoms with Gasteiger partial charge in [0.05, 0.1) is 11.4 Å². The van der Waals surface area contributed by atoms with Crippen molar-refractivity contribution in [2.45, 2.75) is 18.5 Å². The largest absolute Gasteiger partial charge is 0.325 e. The summed E-state index contributed by atoms with van der Waals surface area (Å²) in [5.41, 5.74) is 3.86. The zero-order chi connectivity index (χ0) is 21.5. The highest BCUT2D eigenvalue weighted by molar-refractivity contribution is 7.99. The Balaban J connectivity index is 1.50. The fourth-order valence-corrected chi connectivity index (χ4v) is 3.81. The maximum Gasteiger partial charge on any atom is 0.234 e. The van der Waals surface area contributed by atoms with Crippen LogP contribution >= 0.6 is 11.8 Å². The number of hydrogen-bond donors (Lipinski definition) is 2. The molecule has 31 heavy (non-hydrogen) atoms. The highest BCUT2D eigenvalue weighted by atomic mass is 32.2. The van der Waals surface area contributed by atoms with Crippen LogP contribution in [-0.4, -0.2) is 26.4 Å². The third-order valence-corrected chi connectivity index (χ3v) is 5.58. The first-order chi connectivity index (χ1) is 15.2. The zero-order valence-electron chi connectivity index (χ0n) is 17.2. The molecule has 3 aromatic carbocycles. The average Bonchev–Trinajstić information content (AvgIpc) is 3.22. The molecule has 0 unspecified atom stereocenters. The number of para-hydroxylation sites is 2. The number of hydrogen-bond acceptors (Lipinski definition) is 5. The Morgan fingerprint density at radius 1 is 0.871 bits per heavy atom. The first kappa shape index (κ1) is 20.7. The number of thioether (sulfide) groups is 1. The van der Waals surface area contributed by atoms with E-state index in [1.165, 1.54) is 17.3 Å². The predicted molar refractivity (Wildman–Crippen MR) is 126 cm³/mol. The minimum Gasteiger partial charge on any atom is -0.325 e. The molecule has 2 N–H and O–H groups in total. The third kappa shape index (κ3) is 5.32. The molecule has 0 saturated heterocycles. The molecule has 0 bridgehead atoms. The van der Waals surface area contributed by atoms with Gasteiger partial charge in [-0.05, 0) is 48.4 Å². The van der Waals surface area contributed by atoms with E-state index in [2.05, 4.69) is 27.8 Å². The number of anilines is 3. The van der Waals surface area contributed by atoms with Gasteiger partial charge in [-0.25, -0.2) is 0 Å². The molecule has 0 fully saturated rings. The normalized spacial score (nSPS) is 10.6. The van der Waals surface area contributed by atoms with Crippen molar-refractivity contribution in [1.29, 1.82) is 0 Å². The fourth-order valence-electron chi connectivity index (χ4n) is 3.06. The molecule has 1 heterocycles. The fraction of sp³-hybridized carbons (Fsp3) is 0.125. The summed E-state index contributed by atoms with van der Waals surface area (Å²) in [5.74, 6) is 0.733. The van der Waals surface area contributed by atoms with Crippen LogP contribution in [0, 0.1) is 0 Å². The second kappa shape index (κ2) is 9.95. The number of aryl methyl sites for hydroxylation is 1. The first-order valence-electron chi connectivity index (χ1n) is 10.1. The van der Waals surface area contributed by atoms with Crippen LogP contribution in [0.2, 0.25) is 0 Å². The van der Waals surface area contributed by atoms with Crippen LogP contribution in [0.25, 0.3) is 5.69 Å². The van der Waals surface area contributed by atoms with Crippen molar-refractivity contribution in [3.63, 3.8) is 0 Å². The lowest BCUT2D eigenvalue weighted by molar-refractivity contribution is -0.113. The SMILES string of the molecule is CCc1ccc(NC(=O)CSc2nnc(Nc3ccccc3)n2-c2ccccc2)cc1. The second-order valence-corrected chi connectivity index (χ2v) is 7.80. The van der Waals surface area contributed by atoms with Gasteiger partial charge in [0.15, 0.2) is 5.16 Å². The molecule has 4 rings (SSSR count). The van der Waals surface area contributed by atoms with E-state index in [1.807, 2.05) is 89.5 Å². The van der Waals surface area contributed by atoms with Crippen LogP contribution in [0.3, 0.4) is 0 Å². The Kier molecular flexibility index (Phi) is 6.64. The molecule has 4 aromatic rings. The molecule has 0 aliphatic heterocycles. The van der Waals surface area contributed by atoms with Crippen molar-refractivity contribution in [2.75, 3.05) is 16.4 Å². The number of rotatable bonds is 8. The standard InChI is InChI=1S/C24H23N5OS/c1-2-18-13-15-20(16-14-18)25-22(30)17-31-24-28-27-23(26-19-9-5-3-6-10-19)29(24)21-11-7-4-8-12-21/h3-16H,2,17H2,1H3,(H,25,30)(H,26,27). The molecule has 6 nitrogen and oxygen atoms in total. The summed E-state index contributed by atoms with van der Waals surface area (Å²) in [7, 11) is 0. The van der Waals surface area contributed by atoms with Gasteiger partial charge in [0, 0.05) is 11.4 Å². The lowest BCUT2D eigenvalue weighted by Crippen LogP contribution is -2.14. The Morgan fingerprint density at radius 3 is 2.23 bits per heavy atom. The van der Waals surface area contributed by atoms with Crippen LogP contribution < -0.4 is 10.6 Å². The van der Waals surface area contributed by atoms with Crippen molar-refractivity contribution in [2.24, 2.45) is 0 Å². The number of nitrogens with one attached hydrogen (secondary N) is 2. The van der Waals surface area contributed by atoms with Gasteiger partial charge >= 0.3 is 0 Å². The lowest BCUT2D eigenvalue weighted by Gasteiger charge is -2.11. The molecular formula is C24H23N5OS. The van der Waals surface area contributed by atoms with Crippen LogP contribution in [0.4, 0.5) is 17.3 Å². The maximum atomic E-state index is 12.5. The number of carbonyl (C=O) groups excluding carboxylic acids is 1. The Hall–Kier alpha value is -3.58. The number of nitrogens with zero attached hydrogens (tertiary/aromatic N) is 3. The monoisotopic (exact) mass is 429 g/mol. The van der Waals surface area contributed by atoms with Gasteiger partial charge in [-0.15, -0.1) is 10.2 Å². The van der Waals surface area contributed by atoms with E-state index in [0.29, 0.717) is 11.1 Å². The number of aromatic nitrogens is 3. The second-order valence-electron chi connectivity index (χ2n) is 6.86. The molecule has 1 amide bonds. The number of amides is 1. The Morgan fingerprint density at radius 2 is 1.55 bits per heavy atom. The molecular weight excluding hydrogens is 406 g/mol. The molecule has 0 radical (unpaired) electrons. The summed E-state index contributed by atoms with van der Waals surface area (Å²) in [4.78, 5) is 12.5. The summed E-state index contributed by atoms with van der Waals surface area (Å²) in [6.07, 6.45) is 0.971. The first-order valence-corrected chi connectivity index (χ1v) is 11.1. The molecule has 0 spiro atoms. The molecule has 7 heteroatoms. The molecule has 156 valence electrons. The summed E-state index contributed by atoms with van der Waals surface area (Å²) < 4.78 is 1.92. The van der Waals surface area contributed by atoms with Gasteiger partial charge in [0.2, 0.25) is 11.9 Å². The topological polar surface area (TPSA) is 71.8 Å². The Labute approximate surface area is 185 Å². The summed E-state index contributed by atoms with van der Waals surface area (Å²) in [5, 5.41) is 15.5. The smallest absolute Gasteiger partial charge is 0.234 e. The van der Waals surface area contributed by atoms with Crippen molar-refractivity contribution < 1.29 is 4.79 Å². The molecule has 0 aliphatic carbocycles. The average molecular weight is 430 g/mol.